The van der Waals surface area contributed by atoms with Gasteiger partial charge in [0.25, 0.3) is 0 Å². The second kappa shape index (κ2) is 17.3. The van der Waals surface area contributed by atoms with E-state index in [0.717, 1.165) is 25.7 Å². The molecule has 0 aromatic heterocycles. The van der Waals surface area contributed by atoms with E-state index in [2.05, 4.69) is 13.0 Å². The van der Waals surface area contributed by atoms with Crippen molar-refractivity contribution in [3.05, 3.63) is 0 Å². The third-order valence-corrected chi connectivity index (χ3v) is 6.77. The van der Waals surface area contributed by atoms with Gasteiger partial charge in [0.05, 0.1) is 18.7 Å². The molecule has 0 bridgehead atoms. The summed E-state index contributed by atoms with van der Waals surface area (Å²) in [5, 5.41) is 8.94. The standard InChI is InChI=1S/C24H40F3NO2.C2H6/c1-5-19(15-28)13-22(26)12-17(3)30-24(29)18(4)23(27)14-21(10-11-25)20-8-6-16(2)7-9-20;1-2/h16-23H,5-14H2,1-4H3;1-2H3. The lowest BCUT2D eigenvalue weighted by Crippen LogP contribution is -2.32. The Morgan fingerprint density at radius 3 is 2.19 bits per heavy atom. The Labute approximate surface area is 194 Å². The molecule has 6 heteroatoms. The maximum absolute atomic E-state index is 14.9. The molecule has 1 aliphatic carbocycles. The van der Waals surface area contributed by atoms with Crippen LogP contribution in [0.2, 0.25) is 0 Å². The van der Waals surface area contributed by atoms with E-state index < -0.39 is 37.0 Å². The third kappa shape index (κ3) is 11.6. The fourth-order valence-corrected chi connectivity index (χ4v) is 4.51. The predicted octanol–water partition coefficient (Wildman–Crippen LogP) is 7.78. The molecule has 0 radical (unpaired) electrons. The van der Waals surface area contributed by atoms with Crippen LogP contribution in [-0.2, 0) is 9.53 Å². The molecule has 0 N–H and O–H groups in total. The normalized spacial score (nSPS) is 24.0. The first-order chi connectivity index (χ1) is 15.2. The zero-order chi connectivity index (χ0) is 24.7. The monoisotopic (exact) mass is 461 g/mol. The van der Waals surface area contributed by atoms with Crippen molar-refractivity contribution in [3.63, 3.8) is 0 Å². The van der Waals surface area contributed by atoms with Gasteiger partial charge in [0.15, 0.2) is 0 Å². The number of alkyl halides is 3. The van der Waals surface area contributed by atoms with E-state index in [1.165, 1.54) is 6.92 Å². The number of carbonyl (C=O) groups excluding carboxylic acids is 1. The van der Waals surface area contributed by atoms with Crippen molar-refractivity contribution in [2.24, 2.45) is 29.6 Å². The van der Waals surface area contributed by atoms with Gasteiger partial charge in [0.2, 0.25) is 0 Å². The third-order valence-electron chi connectivity index (χ3n) is 6.77. The zero-order valence-electron chi connectivity index (χ0n) is 21.1. The number of carbonyl (C=O) groups is 1. The number of nitrogens with zero attached hydrogens (tertiary/aromatic N) is 1. The number of rotatable bonds is 13. The SMILES string of the molecule is CC.CCC(C#N)CC(F)CC(C)OC(=O)C(C)C(F)CC(CCF)C1CCC(C)CC1. The summed E-state index contributed by atoms with van der Waals surface area (Å²) in [5.41, 5.74) is 0. The maximum atomic E-state index is 14.9. The second-order valence-corrected chi connectivity index (χ2v) is 9.35. The van der Waals surface area contributed by atoms with Crippen LogP contribution in [0.25, 0.3) is 0 Å². The van der Waals surface area contributed by atoms with E-state index >= 15 is 0 Å². The zero-order valence-corrected chi connectivity index (χ0v) is 21.1. The number of halogens is 3. The molecule has 1 rings (SSSR count). The lowest BCUT2D eigenvalue weighted by Gasteiger charge is -2.33. The molecule has 0 amide bonds. The van der Waals surface area contributed by atoms with Gasteiger partial charge in [-0.05, 0) is 70.1 Å². The quantitative estimate of drug-likeness (QED) is 0.263. The van der Waals surface area contributed by atoms with Gasteiger partial charge in [-0.25, -0.2) is 8.78 Å². The van der Waals surface area contributed by atoms with Crippen LogP contribution < -0.4 is 0 Å². The van der Waals surface area contributed by atoms with E-state index in [-0.39, 0.29) is 31.1 Å². The fraction of sp³-hybridized carbons (Fsp3) is 0.923. The summed E-state index contributed by atoms with van der Waals surface area (Å²) in [6.45, 7) is 10.6. The average Bonchev–Trinajstić information content (AvgIpc) is 2.78. The van der Waals surface area contributed by atoms with Gasteiger partial charge in [-0.3, -0.25) is 9.18 Å². The summed E-state index contributed by atoms with van der Waals surface area (Å²) >= 11 is 0. The first-order valence-corrected chi connectivity index (χ1v) is 12.7. The largest absolute Gasteiger partial charge is 0.462 e. The Morgan fingerprint density at radius 2 is 1.69 bits per heavy atom. The van der Waals surface area contributed by atoms with Crippen molar-refractivity contribution in [3.8, 4) is 6.07 Å². The Kier molecular flexibility index (Phi) is 16.6. The van der Waals surface area contributed by atoms with Crippen LogP contribution in [0.5, 0.6) is 0 Å². The fourth-order valence-electron chi connectivity index (χ4n) is 4.51. The lowest BCUT2D eigenvalue weighted by atomic mass is 9.73. The average molecular weight is 462 g/mol. The molecule has 32 heavy (non-hydrogen) atoms. The highest BCUT2D eigenvalue weighted by atomic mass is 19.1. The molecule has 1 fully saturated rings. The Balaban J connectivity index is 0.00000466. The molecule has 0 spiro atoms. The van der Waals surface area contributed by atoms with Gasteiger partial charge >= 0.3 is 5.97 Å². The van der Waals surface area contributed by atoms with Crippen molar-refractivity contribution in [2.45, 2.75) is 118 Å². The number of hydrogen-bond acceptors (Lipinski definition) is 3. The van der Waals surface area contributed by atoms with Gasteiger partial charge < -0.3 is 4.74 Å². The van der Waals surface area contributed by atoms with Crippen molar-refractivity contribution in [1.29, 1.82) is 5.26 Å². The van der Waals surface area contributed by atoms with E-state index in [0.29, 0.717) is 24.7 Å². The summed E-state index contributed by atoms with van der Waals surface area (Å²) in [4.78, 5) is 12.4. The molecule has 6 atom stereocenters. The smallest absolute Gasteiger partial charge is 0.311 e. The van der Waals surface area contributed by atoms with Gasteiger partial charge in [-0.15, -0.1) is 0 Å². The molecule has 188 valence electrons. The number of hydrogen-bond donors (Lipinski definition) is 0. The Hall–Kier alpha value is -1.25. The molecule has 0 heterocycles. The minimum Gasteiger partial charge on any atom is -0.462 e. The second-order valence-electron chi connectivity index (χ2n) is 9.35. The van der Waals surface area contributed by atoms with E-state index in [1.54, 1.807) is 6.92 Å². The van der Waals surface area contributed by atoms with Gasteiger partial charge in [-0.2, -0.15) is 5.26 Å². The Bertz CT molecular complexity index is 532. The van der Waals surface area contributed by atoms with Crippen molar-refractivity contribution in [1.82, 2.24) is 0 Å². The number of esters is 1. The van der Waals surface area contributed by atoms with Gasteiger partial charge in [-0.1, -0.05) is 40.5 Å². The molecule has 0 aromatic carbocycles. The van der Waals surface area contributed by atoms with Gasteiger partial charge in [0, 0.05) is 12.3 Å². The highest BCUT2D eigenvalue weighted by Crippen LogP contribution is 2.38. The van der Waals surface area contributed by atoms with E-state index in [9.17, 15) is 18.0 Å². The van der Waals surface area contributed by atoms with Crippen molar-refractivity contribution in [2.75, 3.05) is 6.67 Å². The molecule has 6 unspecified atom stereocenters. The summed E-state index contributed by atoms with van der Waals surface area (Å²) in [7, 11) is 0. The highest BCUT2D eigenvalue weighted by Gasteiger charge is 2.33. The molecule has 1 saturated carbocycles. The summed E-state index contributed by atoms with van der Waals surface area (Å²) in [6.07, 6.45) is 2.04. The molecule has 3 nitrogen and oxygen atoms in total. The minimum absolute atomic E-state index is 0.00166. The predicted molar refractivity (Wildman–Crippen MR) is 124 cm³/mol. The molecule has 0 aromatic rings. The van der Waals surface area contributed by atoms with Crippen LogP contribution >= 0.6 is 0 Å². The lowest BCUT2D eigenvalue weighted by molar-refractivity contribution is -0.156. The molecule has 0 saturated heterocycles. The highest BCUT2D eigenvalue weighted by molar-refractivity contribution is 5.72. The topological polar surface area (TPSA) is 50.1 Å². The van der Waals surface area contributed by atoms with Crippen molar-refractivity contribution < 1.29 is 22.7 Å². The molecule has 1 aliphatic rings. The summed E-state index contributed by atoms with van der Waals surface area (Å²) < 4.78 is 47.3. The Morgan fingerprint density at radius 1 is 1.09 bits per heavy atom. The number of nitriles is 1. The molecular formula is C26H46F3NO2. The van der Waals surface area contributed by atoms with E-state index in [1.807, 2.05) is 20.8 Å². The van der Waals surface area contributed by atoms with Crippen LogP contribution in [0.15, 0.2) is 0 Å². The van der Waals surface area contributed by atoms with Crippen LogP contribution in [0.4, 0.5) is 13.2 Å². The van der Waals surface area contributed by atoms with Crippen LogP contribution in [0.1, 0.15) is 99.3 Å². The molecular weight excluding hydrogens is 415 g/mol. The minimum atomic E-state index is -1.40. The summed E-state index contributed by atoms with van der Waals surface area (Å²) in [6, 6.07) is 2.06. The van der Waals surface area contributed by atoms with E-state index in [4.69, 9.17) is 10.00 Å². The first kappa shape index (κ1) is 30.8. The van der Waals surface area contributed by atoms with Crippen LogP contribution in [0.3, 0.4) is 0 Å². The summed E-state index contributed by atoms with van der Waals surface area (Å²) in [5.74, 6) is -1.06. The first-order valence-electron chi connectivity index (χ1n) is 12.7. The molecule has 0 aliphatic heterocycles. The van der Waals surface area contributed by atoms with Gasteiger partial charge in [0.1, 0.15) is 18.4 Å². The number of ether oxygens (including phenoxy) is 1. The van der Waals surface area contributed by atoms with Crippen LogP contribution in [0, 0.1) is 40.9 Å². The van der Waals surface area contributed by atoms with Crippen molar-refractivity contribution >= 4 is 5.97 Å². The van der Waals surface area contributed by atoms with Crippen LogP contribution in [-0.4, -0.2) is 31.1 Å². The maximum Gasteiger partial charge on any atom is 0.311 e.